The SMILES string of the molecule is O=C(CCCc1ccccc1)N1CCN(C(=O)C2C3CC4CC(C3)CC2C4)CC1. The molecular formula is C25H34N2O2. The number of piperazine rings is 1. The number of aryl methyl sites for hydroxylation is 1. The number of benzene rings is 1. The lowest BCUT2D eigenvalue weighted by Gasteiger charge is -2.54. The maximum Gasteiger partial charge on any atom is 0.226 e. The van der Waals surface area contributed by atoms with Gasteiger partial charge in [0.15, 0.2) is 0 Å². The highest BCUT2D eigenvalue weighted by Gasteiger charge is 2.51. The third-order valence-electron chi connectivity index (χ3n) is 8.15. The van der Waals surface area contributed by atoms with Crippen LogP contribution < -0.4 is 0 Å². The van der Waals surface area contributed by atoms with Gasteiger partial charge in [0.25, 0.3) is 0 Å². The Bertz CT molecular complexity index is 710. The molecule has 1 heterocycles. The standard InChI is InChI=1S/C25H34N2O2/c28-23(8-4-7-18-5-2-1-3-6-18)26-9-11-27(12-10-26)25(29)24-21-14-19-13-20(16-21)17-22(24)15-19/h1-3,5-6,19-22,24H,4,7-17H2. The van der Waals surface area contributed by atoms with Gasteiger partial charge in [-0.2, -0.15) is 0 Å². The summed E-state index contributed by atoms with van der Waals surface area (Å²) in [6.07, 6.45) is 9.07. The molecule has 0 N–H and O–H groups in total. The van der Waals surface area contributed by atoms with Gasteiger partial charge in [0.2, 0.25) is 11.8 Å². The van der Waals surface area contributed by atoms with Gasteiger partial charge in [-0.05, 0) is 74.2 Å². The van der Waals surface area contributed by atoms with Gasteiger partial charge in [0.05, 0.1) is 0 Å². The highest BCUT2D eigenvalue weighted by molar-refractivity contribution is 5.81. The van der Waals surface area contributed by atoms with E-state index >= 15 is 0 Å². The third kappa shape index (κ3) is 3.95. The van der Waals surface area contributed by atoms with E-state index in [-0.39, 0.29) is 11.8 Å². The highest BCUT2D eigenvalue weighted by atomic mass is 16.2. The fourth-order valence-electron chi connectivity index (χ4n) is 6.96. The molecule has 29 heavy (non-hydrogen) atoms. The Balaban J connectivity index is 1.09. The Morgan fingerprint density at radius 1 is 0.793 bits per heavy atom. The van der Waals surface area contributed by atoms with Crippen LogP contribution >= 0.6 is 0 Å². The Hall–Kier alpha value is -1.84. The molecule has 4 nitrogen and oxygen atoms in total. The van der Waals surface area contributed by atoms with Crippen molar-refractivity contribution in [3.8, 4) is 0 Å². The van der Waals surface area contributed by atoms with E-state index in [0.717, 1.165) is 37.8 Å². The van der Waals surface area contributed by atoms with Crippen molar-refractivity contribution in [1.82, 2.24) is 9.80 Å². The molecule has 6 rings (SSSR count). The van der Waals surface area contributed by atoms with Crippen LogP contribution in [0.15, 0.2) is 30.3 Å². The zero-order valence-corrected chi connectivity index (χ0v) is 17.5. The minimum absolute atomic E-state index is 0.252. The number of hydrogen-bond acceptors (Lipinski definition) is 2. The first-order valence-electron chi connectivity index (χ1n) is 11.8. The highest BCUT2D eigenvalue weighted by Crippen LogP contribution is 2.56. The number of hydrogen-bond donors (Lipinski definition) is 0. The molecule has 0 atom stereocenters. The lowest BCUT2D eigenvalue weighted by molar-refractivity contribution is -0.152. The number of nitrogens with zero attached hydrogens (tertiary/aromatic N) is 2. The van der Waals surface area contributed by atoms with Crippen LogP contribution in [0, 0.1) is 29.6 Å². The first-order valence-corrected chi connectivity index (χ1v) is 11.8. The predicted molar refractivity (Wildman–Crippen MR) is 113 cm³/mol. The van der Waals surface area contributed by atoms with Gasteiger partial charge >= 0.3 is 0 Å². The largest absolute Gasteiger partial charge is 0.339 e. The molecule has 4 saturated carbocycles. The molecule has 156 valence electrons. The van der Waals surface area contributed by atoms with Crippen molar-refractivity contribution >= 4 is 11.8 Å². The van der Waals surface area contributed by atoms with E-state index in [4.69, 9.17) is 0 Å². The summed E-state index contributed by atoms with van der Waals surface area (Å²) in [7, 11) is 0. The first-order chi connectivity index (χ1) is 14.2. The molecule has 5 fully saturated rings. The third-order valence-corrected chi connectivity index (χ3v) is 8.15. The van der Waals surface area contributed by atoms with E-state index in [0.29, 0.717) is 37.3 Å². The summed E-state index contributed by atoms with van der Waals surface area (Å²) >= 11 is 0. The van der Waals surface area contributed by atoms with Gasteiger partial charge in [-0.15, -0.1) is 0 Å². The molecule has 1 saturated heterocycles. The zero-order chi connectivity index (χ0) is 19.8. The number of carbonyl (C=O) groups excluding carboxylic acids is 2. The molecule has 2 amide bonds. The Labute approximate surface area is 174 Å². The normalized spacial score (nSPS) is 33.2. The average Bonchev–Trinajstić information content (AvgIpc) is 2.73. The van der Waals surface area contributed by atoms with Gasteiger partial charge in [-0.25, -0.2) is 0 Å². The van der Waals surface area contributed by atoms with Crippen LogP contribution in [0.2, 0.25) is 0 Å². The maximum atomic E-state index is 13.3. The van der Waals surface area contributed by atoms with Gasteiger partial charge < -0.3 is 9.80 Å². The van der Waals surface area contributed by atoms with Gasteiger partial charge in [0, 0.05) is 38.5 Å². The van der Waals surface area contributed by atoms with E-state index in [1.807, 2.05) is 11.0 Å². The van der Waals surface area contributed by atoms with Crippen LogP contribution in [0.5, 0.6) is 0 Å². The lowest BCUT2D eigenvalue weighted by atomic mass is 9.51. The number of amides is 2. The zero-order valence-electron chi connectivity index (χ0n) is 17.5. The fraction of sp³-hybridized carbons (Fsp3) is 0.680. The summed E-state index contributed by atoms with van der Waals surface area (Å²) in [5, 5.41) is 0. The minimum Gasteiger partial charge on any atom is -0.339 e. The first kappa shape index (κ1) is 19.1. The molecule has 0 radical (unpaired) electrons. The van der Waals surface area contributed by atoms with Crippen LogP contribution in [0.25, 0.3) is 0 Å². The summed E-state index contributed by atoms with van der Waals surface area (Å²) in [5.41, 5.74) is 1.30. The maximum absolute atomic E-state index is 13.3. The molecule has 1 aromatic carbocycles. The summed E-state index contributed by atoms with van der Waals surface area (Å²) in [5.74, 6) is 4.07. The average molecular weight is 395 g/mol. The summed E-state index contributed by atoms with van der Waals surface area (Å²) in [6, 6.07) is 10.4. The van der Waals surface area contributed by atoms with Crippen molar-refractivity contribution in [3.05, 3.63) is 35.9 Å². The van der Waals surface area contributed by atoms with Gasteiger partial charge in [-0.3, -0.25) is 9.59 Å². The van der Waals surface area contributed by atoms with Crippen molar-refractivity contribution in [2.24, 2.45) is 29.6 Å². The Morgan fingerprint density at radius 2 is 1.38 bits per heavy atom. The fourth-order valence-corrected chi connectivity index (χ4v) is 6.96. The predicted octanol–water partition coefficient (Wildman–Crippen LogP) is 3.75. The minimum atomic E-state index is 0.252. The van der Waals surface area contributed by atoms with E-state index in [9.17, 15) is 9.59 Å². The molecule has 1 aliphatic heterocycles. The van der Waals surface area contributed by atoms with E-state index < -0.39 is 0 Å². The molecule has 0 aromatic heterocycles. The van der Waals surface area contributed by atoms with Crippen LogP contribution in [0.4, 0.5) is 0 Å². The van der Waals surface area contributed by atoms with Gasteiger partial charge in [0.1, 0.15) is 0 Å². The van der Waals surface area contributed by atoms with Crippen LogP contribution in [0.1, 0.15) is 50.5 Å². The number of rotatable bonds is 5. The monoisotopic (exact) mass is 394 g/mol. The molecule has 4 bridgehead atoms. The van der Waals surface area contributed by atoms with Crippen molar-refractivity contribution in [1.29, 1.82) is 0 Å². The Kier molecular flexibility index (Phi) is 5.36. The quantitative estimate of drug-likeness (QED) is 0.763. The summed E-state index contributed by atoms with van der Waals surface area (Å²) < 4.78 is 0. The second-order valence-electron chi connectivity index (χ2n) is 10.0. The van der Waals surface area contributed by atoms with E-state index in [1.54, 1.807) is 0 Å². The van der Waals surface area contributed by atoms with Crippen LogP contribution in [0.3, 0.4) is 0 Å². The molecule has 0 unspecified atom stereocenters. The van der Waals surface area contributed by atoms with Crippen LogP contribution in [-0.4, -0.2) is 47.8 Å². The molecular weight excluding hydrogens is 360 g/mol. The number of carbonyl (C=O) groups is 2. The van der Waals surface area contributed by atoms with E-state index in [1.165, 1.54) is 37.7 Å². The topological polar surface area (TPSA) is 40.6 Å². The molecule has 4 heteroatoms. The molecule has 5 aliphatic rings. The molecule has 0 spiro atoms. The summed E-state index contributed by atoms with van der Waals surface area (Å²) in [6.45, 7) is 2.88. The molecule has 4 aliphatic carbocycles. The van der Waals surface area contributed by atoms with E-state index in [2.05, 4.69) is 29.2 Å². The second-order valence-corrected chi connectivity index (χ2v) is 10.0. The van der Waals surface area contributed by atoms with Crippen molar-refractivity contribution in [2.45, 2.75) is 51.4 Å². The second kappa shape index (κ2) is 8.12. The smallest absolute Gasteiger partial charge is 0.226 e. The lowest BCUT2D eigenvalue weighted by Crippen LogP contribution is -2.56. The molecule has 1 aromatic rings. The van der Waals surface area contributed by atoms with Crippen molar-refractivity contribution in [2.75, 3.05) is 26.2 Å². The van der Waals surface area contributed by atoms with Gasteiger partial charge in [-0.1, -0.05) is 30.3 Å². The van der Waals surface area contributed by atoms with Crippen molar-refractivity contribution in [3.63, 3.8) is 0 Å². The van der Waals surface area contributed by atoms with Crippen LogP contribution in [-0.2, 0) is 16.0 Å². The van der Waals surface area contributed by atoms with Crippen molar-refractivity contribution < 1.29 is 9.59 Å². The Morgan fingerprint density at radius 3 is 2.00 bits per heavy atom. The summed E-state index contributed by atoms with van der Waals surface area (Å²) in [4.78, 5) is 30.0.